The molecule has 0 aliphatic carbocycles. The van der Waals surface area contributed by atoms with Crippen molar-refractivity contribution >= 4 is 23.0 Å². The van der Waals surface area contributed by atoms with E-state index < -0.39 is 0 Å². The molecule has 0 aliphatic rings. The minimum absolute atomic E-state index is 0.213. The Hall–Kier alpha value is -1.98. The standard InChI is InChI=1S/C17H22N4S/c1-13-7-4-5-9-15(13)20-17(22)19-12-16(21(2)3)14-8-6-10-18-11-14/h4-11,16H,12H2,1-3H3,(H2,19,20,22)/t16-/m0/s1. The first-order valence-corrected chi connectivity index (χ1v) is 7.65. The topological polar surface area (TPSA) is 40.2 Å². The van der Waals surface area contributed by atoms with Crippen molar-refractivity contribution in [1.82, 2.24) is 15.2 Å². The van der Waals surface area contributed by atoms with E-state index >= 15 is 0 Å². The first kappa shape index (κ1) is 16.4. The van der Waals surface area contributed by atoms with E-state index in [9.17, 15) is 0 Å². The number of hydrogen-bond acceptors (Lipinski definition) is 3. The first-order valence-electron chi connectivity index (χ1n) is 7.24. The van der Waals surface area contributed by atoms with E-state index in [4.69, 9.17) is 12.2 Å². The monoisotopic (exact) mass is 314 g/mol. The van der Waals surface area contributed by atoms with Crippen molar-refractivity contribution in [2.24, 2.45) is 0 Å². The predicted molar refractivity (Wildman–Crippen MR) is 96.1 cm³/mol. The van der Waals surface area contributed by atoms with Crippen LogP contribution in [0.1, 0.15) is 17.2 Å². The van der Waals surface area contributed by atoms with Gasteiger partial charge in [-0.2, -0.15) is 0 Å². The largest absolute Gasteiger partial charge is 0.361 e. The lowest BCUT2D eigenvalue weighted by molar-refractivity contribution is 0.298. The van der Waals surface area contributed by atoms with Crippen molar-refractivity contribution in [3.8, 4) is 0 Å². The van der Waals surface area contributed by atoms with Crippen molar-refractivity contribution in [2.75, 3.05) is 26.0 Å². The maximum absolute atomic E-state index is 5.39. The molecule has 0 aliphatic heterocycles. The molecular formula is C17H22N4S. The van der Waals surface area contributed by atoms with E-state index in [0.29, 0.717) is 5.11 Å². The summed E-state index contributed by atoms with van der Waals surface area (Å²) < 4.78 is 0. The molecular weight excluding hydrogens is 292 g/mol. The molecule has 4 nitrogen and oxygen atoms in total. The van der Waals surface area contributed by atoms with Crippen LogP contribution in [-0.2, 0) is 0 Å². The zero-order valence-electron chi connectivity index (χ0n) is 13.2. The highest BCUT2D eigenvalue weighted by molar-refractivity contribution is 7.80. The predicted octanol–water partition coefficient (Wildman–Crippen LogP) is 2.98. The van der Waals surface area contributed by atoms with E-state index in [1.165, 1.54) is 11.1 Å². The van der Waals surface area contributed by atoms with Crippen LogP contribution in [0.4, 0.5) is 5.69 Å². The third kappa shape index (κ3) is 4.51. The highest BCUT2D eigenvalue weighted by Gasteiger charge is 2.14. The van der Waals surface area contributed by atoms with Crippen LogP contribution in [0.15, 0.2) is 48.8 Å². The first-order chi connectivity index (χ1) is 10.6. The fourth-order valence-electron chi connectivity index (χ4n) is 2.24. The molecule has 0 saturated carbocycles. The van der Waals surface area contributed by atoms with Gasteiger partial charge in [-0.25, -0.2) is 0 Å². The number of hydrogen-bond donors (Lipinski definition) is 2. The van der Waals surface area contributed by atoms with Gasteiger partial charge >= 0.3 is 0 Å². The molecule has 0 spiro atoms. The highest BCUT2D eigenvalue weighted by atomic mass is 32.1. The van der Waals surface area contributed by atoms with Gasteiger partial charge in [0.2, 0.25) is 0 Å². The summed E-state index contributed by atoms with van der Waals surface area (Å²) in [6.07, 6.45) is 3.68. The van der Waals surface area contributed by atoms with Gasteiger partial charge in [0.05, 0.1) is 6.04 Å². The quantitative estimate of drug-likeness (QED) is 0.830. The van der Waals surface area contributed by atoms with Crippen LogP contribution in [-0.4, -0.2) is 35.6 Å². The summed E-state index contributed by atoms with van der Waals surface area (Å²) >= 11 is 5.39. The summed E-state index contributed by atoms with van der Waals surface area (Å²) in [5.74, 6) is 0. The van der Waals surface area contributed by atoms with E-state index in [1.807, 2.05) is 30.5 Å². The fourth-order valence-corrected chi connectivity index (χ4v) is 2.43. The summed E-state index contributed by atoms with van der Waals surface area (Å²) in [5, 5.41) is 7.16. The van der Waals surface area contributed by atoms with Gasteiger partial charge in [0.15, 0.2) is 5.11 Å². The van der Waals surface area contributed by atoms with E-state index in [-0.39, 0.29) is 6.04 Å². The molecule has 1 atom stereocenters. The van der Waals surface area contributed by atoms with Gasteiger partial charge in [0.25, 0.3) is 0 Å². The van der Waals surface area contributed by atoms with E-state index in [2.05, 4.69) is 53.7 Å². The highest BCUT2D eigenvalue weighted by Crippen LogP contribution is 2.16. The summed E-state index contributed by atoms with van der Waals surface area (Å²) in [6.45, 7) is 2.78. The normalized spacial score (nSPS) is 12.0. The van der Waals surface area contributed by atoms with Gasteiger partial charge in [-0.15, -0.1) is 0 Å². The maximum Gasteiger partial charge on any atom is 0.170 e. The zero-order chi connectivity index (χ0) is 15.9. The van der Waals surface area contributed by atoms with Gasteiger partial charge in [0, 0.05) is 24.6 Å². The second-order valence-corrected chi connectivity index (χ2v) is 5.82. The molecule has 116 valence electrons. The van der Waals surface area contributed by atoms with Crippen LogP contribution in [0.3, 0.4) is 0 Å². The number of aromatic nitrogens is 1. The van der Waals surface area contributed by atoms with Crippen LogP contribution in [0.25, 0.3) is 0 Å². The smallest absolute Gasteiger partial charge is 0.170 e. The molecule has 1 aromatic heterocycles. The SMILES string of the molecule is Cc1ccccc1NC(=S)NC[C@@H](c1cccnc1)N(C)C. The summed E-state index contributed by atoms with van der Waals surface area (Å²) in [4.78, 5) is 6.34. The lowest BCUT2D eigenvalue weighted by Gasteiger charge is -2.25. The van der Waals surface area contributed by atoms with Gasteiger partial charge < -0.3 is 15.5 Å². The molecule has 0 unspecified atom stereocenters. The minimum atomic E-state index is 0.213. The summed E-state index contributed by atoms with van der Waals surface area (Å²) in [7, 11) is 4.11. The number of rotatable bonds is 5. The van der Waals surface area contributed by atoms with Crippen molar-refractivity contribution in [1.29, 1.82) is 0 Å². The van der Waals surface area contributed by atoms with Crippen LogP contribution in [0, 0.1) is 6.92 Å². The Morgan fingerprint density at radius 2 is 2.00 bits per heavy atom. The number of pyridine rings is 1. The van der Waals surface area contributed by atoms with Crippen LogP contribution in [0.5, 0.6) is 0 Å². The molecule has 22 heavy (non-hydrogen) atoms. The molecule has 2 rings (SSSR count). The molecule has 2 aromatic rings. The molecule has 1 heterocycles. The molecule has 0 saturated heterocycles. The Labute approximate surface area is 137 Å². The Bertz CT molecular complexity index is 613. The minimum Gasteiger partial charge on any atom is -0.361 e. The lowest BCUT2D eigenvalue weighted by Crippen LogP contribution is -2.36. The maximum atomic E-state index is 5.39. The molecule has 2 N–H and O–H groups in total. The van der Waals surface area contributed by atoms with Crippen molar-refractivity contribution in [3.63, 3.8) is 0 Å². The van der Waals surface area contributed by atoms with Crippen LogP contribution >= 0.6 is 12.2 Å². The number of aryl methyl sites for hydroxylation is 1. The second kappa shape index (κ2) is 7.87. The van der Waals surface area contributed by atoms with Crippen molar-refractivity contribution in [3.05, 3.63) is 59.9 Å². The van der Waals surface area contributed by atoms with Crippen LogP contribution in [0.2, 0.25) is 0 Å². The summed E-state index contributed by atoms with van der Waals surface area (Å²) in [6, 6.07) is 12.3. The Morgan fingerprint density at radius 3 is 2.64 bits per heavy atom. The molecule has 0 bridgehead atoms. The molecule has 0 radical (unpaired) electrons. The number of nitrogens with zero attached hydrogens (tertiary/aromatic N) is 2. The fraction of sp³-hybridized carbons (Fsp3) is 0.294. The molecule has 5 heteroatoms. The Morgan fingerprint density at radius 1 is 1.23 bits per heavy atom. The number of likely N-dealkylation sites (N-methyl/N-ethyl adjacent to an activating group) is 1. The second-order valence-electron chi connectivity index (χ2n) is 5.42. The lowest BCUT2D eigenvalue weighted by atomic mass is 10.1. The number of thiocarbonyl (C=S) groups is 1. The molecule has 0 amide bonds. The molecule has 1 aromatic carbocycles. The average molecular weight is 314 g/mol. The Balaban J connectivity index is 1.95. The number of benzene rings is 1. The third-order valence-electron chi connectivity index (χ3n) is 3.54. The van der Waals surface area contributed by atoms with E-state index in [1.54, 1.807) is 6.20 Å². The zero-order valence-corrected chi connectivity index (χ0v) is 14.0. The van der Waals surface area contributed by atoms with Gasteiger partial charge in [0.1, 0.15) is 0 Å². The van der Waals surface area contributed by atoms with Crippen molar-refractivity contribution in [2.45, 2.75) is 13.0 Å². The summed E-state index contributed by atoms with van der Waals surface area (Å²) in [5.41, 5.74) is 3.37. The number of nitrogens with one attached hydrogen (secondary N) is 2. The van der Waals surface area contributed by atoms with Gasteiger partial charge in [-0.05, 0) is 56.5 Å². The van der Waals surface area contributed by atoms with E-state index in [0.717, 1.165) is 12.2 Å². The average Bonchev–Trinajstić information content (AvgIpc) is 2.50. The number of para-hydroxylation sites is 1. The van der Waals surface area contributed by atoms with Crippen molar-refractivity contribution < 1.29 is 0 Å². The third-order valence-corrected chi connectivity index (χ3v) is 3.79. The molecule has 0 fully saturated rings. The Kier molecular flexibility index (Phi) is 5.86. The van der Waals surface area contributed by atoms with Crippen LogP contribution < -0.4 is 10.6 Å². The van der Waals surface area contributed by atoms with Gasteiger partial charge in [-0.1, -0.05) is 24.3 Å². The number of anilines is 1. The van der Waals surface area contributed by atoms with Gasteiger partial charge in [-0.3, -0.25) is 4.98 Å².